The number of halogens is 1. The number of carbonyl (C=O) groups is 1. The van der Waals surface area contributed by atoms with Gasteiger partial charge in [0.15, 0.2) is 0 Å². The Hall–Kier alpha value is -2.74. The van der Waals surface area contributed by atoms with Crippen LogP contribution in [0.5, 0.6) is 0 Å². The Bertz CT molecular complexity index is 1160. The fraction of sp³-hybridized carbons (Fsp3) is 0.250. The molecule has 0 bridgehead atoms. The molecule has 1 saturated carbocycles. The molecule has 0 saturated heterocycles. The SMILES string of the molecule is O=C(NCC1CC1)c1ccc(CN(Cc2ccccn2)S(=O)(=O)c2ccc(Cl)cc2)cc1. The highest BCUT2D eigenvalue weighted by molar-refractivity contribution is 7.89. The molecule has 0 unspecified atom stereocenters. The Morgan fingerprint density at radius 3 is 2.34 bits per heavy atom. The van der Waals surface area contributed by atoms with Gasteiger partial charge in [-0.1, -0.05) is 29.8 Å². The van der Waals surface area contributed by atoms with Crippen LogP contribution in [0.1, 0.15) is 34.5 Å². The van der Waals surface area contributed by atoms with E-state index >= 15 is 0 Å². The molecule has 6 nitrogen and oxygen atoms in total. The van der Waals surface area contributed by atoms with Gasteiger partial charge < -0.3 is 5.32 Å². The van der Waals surface area contributed by atoms with E-state index in [-0.39, 0.29) is 23.9 Å². The van der Waals surface area contributed by atoms with Gasteiger partial charge in [0.05, 0.1) is 17.1 Å². The molecule has 0 radical (unpaired) electrons. The molecule has 3 aromatic rings. The van der Waals surface area contributed by atoms with Crippen LogP contribution in [-0.4, -0.2) is 30.2 Å². The third-order valence-electron chi connectivity index (χ3n) is 5.34. The van der Waals surface area contributed by atoms with Crippen LogP contribution in [-0.2, 0) is 23.1 Å². The van der Waals surface area contributed by atoms with Crippen molar-refractivity contribution < 1.29 is 13.2 Å². The summed E-state index contributed by atoms with van der Waals surface area (Å²) in [7, 11) is -3.80. The molecule has 1 heterocycles. The van der Waals surface area contributed by atoms with Crippen molar-refractivity contribution in [1.29, 1.82) is 0 Å². The third kappa shape index (κ3) is 5.73. The summed E-state index contributed by atoms with van der Waals surface area (Å²) in [4.78, 5) is 16.7. The van der Waals surface area contributed by atoms with Gasteiger partial charge in [-0.15, -0.1) is 0 Å². The molecule has 1 aliphatic carbocycles. The lowest BCUT2D eigenvalue weighted by Crippen LogP contribution is -2.30. The average molecular weight is 470 g/mol. The monoisotopic (exact) mass is 469 g/mol. The number of hydrogen-bond donors (Lipinski definition) is 1. The first-order valence-electron chi connectivity index (χ1n) is 10.4. The van der Waals surface area contributed by atoms with E-state index in [2.05, 4.69) is 10.3 Å². The van der Waals surface area contributed by atoms with Crippen LogP contribution in [0.25, 0.3) is 0 Å². The summed E-state index contributed by atoms with van der Waals surface area (Å²) in [5.74, 6) is 0.499. The summed E-state index contributed by atoms with van der Waals surface area (Å²) >= 11 is 5.93. The number of hydrogen-bond acceptors (Lipinski definition) is 4. The van der Waals surface area contributed by atoms with Crippen molar-refractivity contribution in [2.45, 2.75) is 30.8 Å². The summed E-state index contributed by atoms with van der Waals surface area (Å²) in [5.41, 5.74) is 1.98. The standard InChI is InChI=1S/C24H24ClN3O3S/c25-21-10-12-23(13-11-21)32(30,31)28(17-22-3-1-2-14-26-22)16-19-6-8-20(9-7-19)24(29)27-15-18-4-5-18/h1-3,6-14,18H,4-5,15-17H2,(H,27,29). The number of pyridine rings is 1. The number of rotatable bonds is 9. The molecule has 8 heteroatoms. The zero-order valence-corrected chi connectivity index (χ0v) is 19.0. The van der Waals surface area contributed by atoms with Crippen LogP contribution >= 0.6 is 11.6 Å². The highest BCUT2D eigenvalue weighted by atomic mass is 35.5. The second kappa shape index (κ2) is 9.81. The highest BCUT2D eigenvalue weighted by Crippen LogP contribution is 2.27. The second-order valence-electron chi connectivity index (χ2n) is 7.90. The summed E-state index contributed by atoms with van der Waals surface area (Å²) in [6.07, 6.45) is 3.98. The topological polar surface area (TPSA) is 79.4 Å². The van der Waals surface area contributed by atoms with E-state index < -0.39 is 10.0 Å². The number of nitrogens with zero attached hydrogens (tertiary/aromatic N) is 2. The summed E-state index contributed by atoms with van der Waals surface area (Å²) in [6.45, 7) is 0.971. The molecule has 1 aromatic heterocycles. The number of nitrogens with one attached hydrogen (secondary N) is 1. The summed E-state index contributed by atoms with van der Waals surface area (Å²) in [5, 5.41) is 3.41. The van der Waals surface area contributed by atoms with Crippen LogP contribution in [0.2, 0.25) is 5.02 Å². The lowest BCUT2D eigenvalue weighted by molar-refractivity contribution is 0.0951. The van der Waals surface area contributed by atoms with E-state index in [0.29, 0.717) is 28.7 Å². The minimum Gasteiger partial charge on any atom is -0.352 e. The largest absolute Gasteiger partial charge is 0.352 e. The average Bonchev–Trinajstić information content (AvgIpc) is 3.63. The minimum absolute atomic E-state index is 0.109. The van der Waals surface area contributed by atoms with Crippen LogP contribution in [0.4, 0.5) is 0 Å². The normalized spacial score (nSPS) is 13.8. The van der Waals surface area contributed by atoms with Crippen molar-refractivity contribution in [2.75, 3.05) is 6.54 Å². The number of carbonyl (C=O) groups excluding carboxylic acids is 1. The molecule has 1 fully saturated rings. The zero-order chi connectivity index (χ0) is 22.6. The van der Waals surface area contributed by atoms with Gasteiger partial charge in [-0.25, -0.2) is 8.42 Å². The van der Waals surface area contributed by atoms with E-state index in [4.69, 9.17) is 11.6 Å². The number of sulfonamides is 1. The van der Waals surface area contributed by atoms with E-state index in [1.807, 2.05) is 6.07 Å². The molecule has 0 aliphatic heterocycles. The first-order chi connectivity index (χ1) is 15.4. The van der Waals surface area contributed by atoms with Gasteiger partial charge in [-0.2, -0.15) is 4.31 Å². The Morgan fingerprint density at radius 2 is 1.72 bits per heavy atom. The maximum atomic E-state index is 13.4. The molecule has 1 amide bonds. The predicted molar refractivity (Wildman–Crippen MR) is 124 cm³/mol. The lowest BCUT2D eigenvalue weighted by Gasteiger charge is -2.22. The maximum absolute atomic E-state index is 13.4. The van der Waals surface area contributed by atoms with Crippen molar-refractivity contribution in [3.05, 3.63) is 94.8 Å². The minimum atomic E-state index is -3.80. The Labute approximate surface area is 193 Å². The molecule has 1 aliphatic rings. The quantitative estimate of drug-likeness (QED) is 0.507. The number of amides is 1. The van der Waals surface area contributed by atoms with E-state index in [9.17, 15) is 13.2 Å². The van der Waals surface area contributed by atoms with Crippen molar-refractivity contribution in [3.63, 3.8) is 0 Å². The van der Waals surface area contributed by atoms with Crippen molar-refractivity contribution in [1.82, 2.24) is 14.6 Å². The number of aromatic nitrogens is 1. The van der Waals surface area contributed by atoms with Crippen molar-refractivity contribution >= 4 is 27.5 Å². The van der Waals surface area contributed by atoms with E-state index in [1.54, 1.807) is 54.7 Å². The van der Waals surface area contributed by atoms with Crippen molar-refractivity contribution in [3.8, 4) is 0 Å². The molecule has 0 atom stereocenters. The van der Waals surface area contributed by atoms with Gasteiger partial charge in [0.25, 0.3) is 5.91 Å². The molecule has 0 spiro atoms. The van der Waals surface area contributed by atoms with Gasteiger partial charge in [-0.05, 0) is 72.9 Å². The molecular weight excluding hydrogens is 446 g/mol. The zero-order valence-electron chi connectivity index (χ0n) is 17.4. The molecule has 4 rings (SSSR count). The third-order valence-corrected chi connectivity index (χ3v) is 7.40. The summed E-state index contributed by atoms with van der Waals surface area (Å²) < 4.78 is 28.1. The molecule has 1 N–H and O–H groups in total. The first-order valence-corrected chi connectivity index (χ1v) is 12.3. The Kier molecular flexibility index (Phi) is 6.89. The summed E-state index contributed by atoms with van der Waals surface area (Å²) in [6, 6.07) is 18.5. The van der Waals surface area contributed by atoms with Crippen LogP contribution in [0.15, 0.2) is 77.8 Å². The molecule has 2 aromatic carbocycles. The van der Waals surface area contributed by atoms with E-state index in [1.165, 1.54) is 29.3 Å². The van der Waals surface area contributed by atoms with Gasteiger partial charge in [0.1, 0.15) is 0 Å². The lowest BCUT2D eigenvalue weighted by atomic mass is 10.1. The van der Waals surface area contributed by atoms with Gasteiger partial charge in [0, 0.05) is 29.9 Å². The van der Waals surface area contributed by atoms with E-state index in [0.717, 1.165) is 5.56 Å². The fourth-order valence-corrected chi connectivity index (χ4v) is 4.81. The van der Waals surface area contributed by atoms with Gasteiger partial charge >= 0.3 is 0 Å². The van der Waals surface area contributed by atoms with Gasteiger partial charge in [0.2, 0.25) is 10.0 Å². The fourth-order valence-electron chi connectivity index (χ4n) is 3.28. The smallest absolute Gasteiger partial charge is 0.251 e. The molecule has 32 heavy (non-hydrogen) atoms. The van der Waals surface area contributed by atoms with Crippen LogP contribution in [0.3, 0.4) is 0 Å². The maximum Gasteiger partial charge on any atom is 0.251 e. The highest BCUT2D eigenvalue weighted by Gasteiger charge is 2.26. The Balaban J connectivity index is 1.54. The number of benzene rings is 2. The second-order valence-corrected chi connectivity index (χ2v) is 10.3. The molecular formula is C24H24ClN3O3S. The van der Waals surface area contributed by atoms with Crippen LogP contribution < -0.4 is 5.32 Å². The first kappa shape index (κ1) is 22.5. The van der Waals surface area contributed by atoms with Gasteiger partial charge in [-0.3, -0.25) is 9.78 Å². The Morgan fingerprint density at radius 1 is 1.00 bits per heavy atom. The molecule has 166 valence electrons. The van der Waals surface area contributed by atoms with Crippen LogP contribution in [0, 0.1) is 5.92 Å². The van der Waals surface area contributed by atoms with Crippen molar-refractivity contribution in [2.24, 2.45) is 5.92 Å². The predicted octanol–water partition coefficient (Wildman–Crippen LogP) is 4.27.